The van der Waals surface area contributed by atoms with Crippen molar-refractivity contribution in [3.05, 3.63) is 48.9 Å². The lowest BCUT2D eigenvalue weighted by Gasteiger charge is -2.02. The largest absolute Gasteiger partial charge is 0.424 e. The molecule has 3 heterocycles. The van der Waals surface area contributed by atoms with E-state index in [4.69, 9.17) is 10.2 Å². The second-order valence-electron chi connectivity index (χ2n) is 4.35. The highest BCUT2D eigenvalue weighted by Crippen LogP contribution is 2.25. The minimum absolute atomic E-state index is 0.192. The number of fused-ring (bicyclic) bond motifs is 2. The number of rotatable bonds is 1. The first-order valence-corrected chi connectivity index (χ1v) is 5.89. The molecule has 92 valence electrons. The number of aromatic nitrogens is 3. The summed E-state index contributed by atoms with van der Waals surface area (Å²) in [7, 11) is 0. The molecular weight excluding hydrogens is 240 g/mol. The summed E-state index contributed by atoms with van der Waals surface area (Å²) in [6.45, 7) is 0. The summed E-state index contributed by atoms with van der Waals surface area (Å²) in [5, 5.41) is 0. The van der Waals surface area contributed by atoms with E-state index in [9.17, 15) is 0 Å². The summed E-state index contributed by atoms with van der Waals surface area (Å²) in [5.74, 6) is 0. The van der Waals surface area contributed by atoms with Crippen LogP contribution in [0.5, 0.6) is 0 Å². The average molecular weight is 250 g/mol. The highest BCUT2D eigenvalue weighted by atomic mass is 16.4. The molecule has 0 amide bonds. The Labute approximate surface area is 108 Å². The highest BCUT2D eigenvalue weighted by molar-refractivity contribution is 5.81. The predicted octanol–water partition coefficient (Wildman–Crippen LogP) is 2.72. The van der Waals surface area contributed by atoms with Crippen molar-refractivity contribution in [3.8, 4) is 11.1 Å². The van der Waals surface area contributed by atoms with Crippen molar-refractivity contribution in [3.63, 3.8) is 0 Å². The monoisotopic (exact) mass is 250 g/mol. The fourth-order valence-corrected chi connectivity index (χ4v) is 2.22. The number of nitrogens with two attached hydrogens (primary N) is 1. The molecule has 0 aliphatic carbocycles. The van der Waals surface area contributed by atoms with Gasteiger partial charge in [0.15, 0.2) is 5.58 Å². The zero-order valence-electron chi connectivity index (χ0n) is 9.95. The summed E-state index contributed by atoms with van der Waals surface area (Å²) >= 11 is 0. The van der Waals surface area contributed by atoms with Crippen molar-refractivity contribution in [2.75, 3.05) is 5.73 Å². The Morgan fingerprint density at radius 2 is 2.00 bits per heavy atom. The van der Waals surface area contributed by atoms with Gasteiger partial charge in [-0.1, -0.05) is 6.07 Å². The van der Waals surface area contributed by atoms with E-state index in [0.29, 0.717) is 5.58 Å². The molecule has 0 fully saturated rings. The van der Waals surface area contributed by atoms with Gasteiger partial charge in [0.25, 0.3) is 6.01 Å². The van der Waals surface area contributed by atoms with Gasteiger partial charge in [-0.3, -0.25) is 0 Å². The maximum Gasteiger partial charge on any atom is 0.292 e. The van der Waals surface area contributed by atoms with Gasteiger partial charge in [-0.25, -0.2) is 4.98 Å². The summed E-state index contributed by atoms with van der Waals surface area (Å²) in [5.41, 5.74) is 10.1. The van der Waals surface area contributed by atoms with Crippen molar-refractivity contribution in [2.24, 2.45) is 0 Å². The number of nitrogen functional groups attached to an aromatic ring is 1. The van der Waals surface area contributed by atoms with Crippen molar-refractivity contribution in [2.45, 2.75) is 0 Å². The molecular formula is C14H10N4O. The quantitative estimate of drug-likeness (QED) is 0.564. The number of oxazole rings is 1. The third-order valence-electron chi connectivity index (χ3n) is 3.13. The van der Waals surface area contributed by atoms with Crippen LogP contribution >= 0.6 is 0 Å². The number of benzene rings is 1. The number of hydrogen-bond acceptors (Lipinski definition) is 4. The first-order valence-electron chi connectivity index (χ1n) is 5.89. The lowest BCUT2D eigenvalue weighted by Crippen LogP contribution is -1.85. The van der Waals surface area contributed by atoms with Gasteiger partial charge in [-0.15, -0.1) is 0 Å². The Morgan fingerprint density at radius 3 is 2.95 bits per heavy atom. The van der Waals surface area contributed by atoms with Crippen LogP contribution in [0, 0.1) is 0 Å². The van der Waals surface area contributed by atoms with Gasteiger partial charge in [0.1, 0.15) is 11.2 Å². The third-order valence-corrected chi connectivity index (χ3v) is 3.13. The van der Waals surface area contributed by atoms with Crippen LogP contribution in [0.2, 0.25) is 0 Å². The Morgan fingerprint density at radius 1 is 1.11 bits per heavy atom. The van der Waals surface area contributed by atoms with Crippen LogP contribution in [0.4, 0.5) is 6.01 Å². The van der Waals surface area contributed by atoms with Gasteiger partial charge in [-0.05, 0) is 35.4 Å². The minimum atomic E-state index is 0.192. The molecule has 2 N–H and O–H groups in total. The molecule has 5 heteroatoms. The van der Waals surface area contributed by atoms with Crippen LogP contribution < -0.4 is 5.73 Å². The van der Waals surface area contributed by atoms with Gasteiger partial charge >= 0.3 is 0 Å². The Balaban J connectivity index is 1.91. The van der Waals surface area contributed by atoms with Crippen molar-refractivity contribution < 1.29 is 4.42 Å². The van der Waals surface area contributed by atoms with Gasteiger partial charge in [0.2, 0.25) is 0 Å². The van der Waals surface area contributed by atoms with Gasteiger partial charge < -0.3 is 14.6 Å². The molecule has 1 aromatic carbocycles. The average Bonchev–Trinajstić information content (AvgIpc) is 3.01. The lowest BCUT2D eigenvalue weighted by molar-refractivity contribution is 0.626. The summed E-state index contributed by atoms with van der Waals surface area (Å²) in [4.78, 5) is 8.37. The van der Waals surface area contributed by atoms with E-state index in [1.54, 1.807) is 6.20 Å². The molecule has 5 nitrogen and oxygen atoms in total. The third kappa shape index (κ3) is 1.55. The fourth-order valence-electron chi connectivity index (χ4n) is 2.22. The molecule has 0 unspecified atom stereocenters. The lowest BCUT2D eigenvalue weighted by atomic mass is 10.1. The van der Waals surface area contributed by atoms with E-state index >= 15 is 0 Å². The maximum absolute atomic E-state index is 5.55. The predicted molar refractivity (Wildman–Crippen MR) is 72.6 cm³/mol. The summed E-state index contributed by atoms with van der Waals surface area (Å²) in [6.07, 6.45) is 5.74. The molecule has 0 aliphatic rings. The van der Waals surface area contributed by atoms with Crippen LogP contribution in [0.3, 0.4) is 0 Å². The maximum atomic E-state index is 5.55. The Hall–Kier alpha value is -2.82. The molecule has 3 aromatic heterocycles. The molecule has 0 radical (unpaired) electrons. The summed E-state index contributed by atoms with van der Waals surface area (Å²) in [6, 6.07) is 10.0. The smallest absolute Gasteiger partial charge is 0.292 e. The van der Waals surface area contributed by atoms with Crippen LogP contribution in [0.1, 0.15) is 0 Å². The fraction of sp³-hybridized carbons (Fsp3) is 0. The van der Waals surface area contributed by atoms with Gasteiger partial charge in [-0.2, -0.15) is 4.98 Å². The Kier molecular flexibility index (Phi) is 1.91. The summed E-state index contributed by atoms with van der Waals surface area (Å²) < 4.78 is 7.25. The van der Waals surface area contributed by atoms with Crippen LogP contribution in [-0.4, -0.2) is 14.4 Å². The molecule has 4 aromatic rings. The molecule has 0 atom stereocenters. The molecule has 0 saturated carbocycles. The molecule has 19 heavy (non-hydrogen) atoms. The standard InChI is InChI=1S/C14H10N4O/c15-14-17-11-7-9(1-3-12(11)19-14)10-2-4-13-16-5-6-18(13)8-10/h1-8H,(H2,15,17). The number of nitrogens with zero attached hydrogens (tertiary/aromatic N) is 3. The van der Waals surface area contributed by atoms with E-state index in [0.717, 1.165) is 22.3 Å². The molecule has 0 aliphatic heterocycles. The number of hydrogen-bond donors (Lipinski definition) is 1. The van der Waals surface area contributed by atoms with Crippen molar-refractivity contribution in [1.29, 1.82) is 0 Å². The SMILES string of the molecule is Nc1nc2cc(-c3ccc4nccn4c3)ccc2o1. The van der Waals surface area contributed by atoms with Gasteiger partial charge in [0, 0.05) is 18.6 Å². The molecule has 0 saturated heterocycles. The zero-order valence-corrected chi connectivity index (χ0v) is 9.95. The van der Waals surface area contributed by atoms with Crippen LogP contribution in [0.15, 0.2) is 53.3 Å². The van der Waals surface area contributed by atoms with Gasteiger partial charge in [0.05, 0.1) is 0 Å². The van der Waals surface area contributed by atoms with Crippen LogP contribution in [0.25, 0.3) is 27.9 Å². The minimum Gasteiger partial charge on any atom is -0.424 e. The topological polar surface area (TPSA) is 69.3 Å². The number of imidazole rings is 1. The van der Waals surface area contributed by atoms with E-state index in [-0.39, 0.29) is 6.01 Å². The Bertz CT molecular complexity index is 891. The van der Waals surface area contributed by atoms with Crippen LogP contribution in [-0.2, 0) is 0 Å². The first kappa shape index (κ1) is 10.1. The van der Waals surface area contributed by atoms with Crippen molar-refractivity contribution in [1.82, 2.24) is 14.4 Å². The second-order valence-corrected chi connectivity index (χ2v) is 4.35. The molecule has 0 spiro atoms. The second kappa shape index (κ2) is 3.58. The number of pyridine rings is 1. The van der Waals surface area contributed by atoms with E-state index in [1.165, 1.54) is 0 Å². The first-order chi connectivity index (χ1) is 9.29. The normalized spacial score (nSPS) is 11.4. The number of anilines is 1. The van der Waals surface area contributed by atoms with Crippen molar-refractivity contribution >= 4 is 22.8 Å². The highest BCUT2D eigenvalue weighted by Gasteiger charge is 2.06. The molecule has 0 bridgehead atoms. The van der Waals surface area contributed by atoms with E-state index in [1.807, 2.05) is 47.1 Å². The van der Waals surface area contributed by atoms with E-state index < -0.39 is 0 Å². The molecule has 4 rings (SSSR count). The van der Waals surface area contributed by atoms with E-state index in [2.05, 4.69) is 9.97 Å². The zero-order chi connectivity index (χ0) is 12.8.